The van der Waals surface area contributed by atoms with Crippen molar-refractivity contribution in [3.8, 4) is 0 Å². The van der Waals surface area contributed by atoms with Gasteiger partial charge in [-0.25, -0.2) is 0 Å². The molecule has 4 atom stereocenters. The van der Waals surface area contributed by atoms with Crippen LogP contribution in [0.25, 0.3) is 0 Å². The van der Waals surface area contributed by atoms with Crippen LogP contribution in [0.1, 0.15) is 20.7 Å². The molecule has 4 unspecified atom stereocenters. The number of hydrogen-bond acceptors (Lipinski definition) is 2. The lowest BCUT2D eigenvalue weighted by Gasteiger charge is -2.33. The first-order chi connectivity index (χ1) is 16.4. The maximum absolute atomic E-state index is 13.4. The van der Waals surface area contributed by atoms with Crippen molar-refractivity contribution in [2.24, 2.45) is 0 Å². The SMILES string of the molecule is O=C(C1=CC2(Cl)C(Cl)=C(Cl)C1(Cl)C2(Cl)Cl)c1ccc(C(=O)C2=CC3(Cl)C(Cl)=C(Cl)C2(Cl)C3(Cl)Cl)cc1. The average molecular weight is 728 g/mol. The van der Waals surface area contributed by atoms with E-state index in [1.54, 1.807) is 0 Å². The van der Waals surface area contributed by atoms with Gasteiger partial charge in [0.2, 0.25) is 0 Å². The van der Waals surface area contributed by atoms with Crippen molar-refractivity contribution >= 4 is 151 Å². The molecular formula is C22H6Cl12O2. The first-order valence-corrected chi connectivity index (χ1v) is 14.2. The summed E-state index contributed by atoms with van der Waals surface area (Å²) < 4.78 is -3.86. The molecule has 1 aromatic carbocycles. The van der Waals surface area contributed by atoms with E-state index in [4.69, 9.17) is 139 Å². The highest BCUT2D eigenvalue weighted by molar-refractivity contribution is 6.69. The van der Waals surface area contributed by atoms with Gasteiger partial charge >= 0.3 is 0 Å². The largest absolute Gasteiger partial charge is 0.289 e. The van der Waals surface area contributed by atoms with E-state index in [2.05, 4.69) is 0 Å². The maximum Gasteiger partial charge on any atom is 0.191 e. The summed E-state index contributed by atoms with van der Waals surface area (Å²) in [6.07, 6.45) is 2.57. The summed E-state index contributed by atoms with van der Waals surface area (Å²) >= 11 is 77.1. The Labute approximate surface area is 264 Å². The molecule has 2 nitrogen and oxygen atoms in total. The molecule has 0 N–H and O–H groups in total. The van der Waals surface area contributed by atoms with Crippen molar-refractivity contribution in [3.05, 3.63) is 78.8 Å². The number of fused-ring (bicyclic) bond motifs is 4. The Hall–Kier alpha value is 1.000. The van der Waals surface area contributed by atoms with Crippen molar-refractivity contribution in [1.82, 2.24) is 0 Å². The molecule has 4 bridgehead atoms. The molecule has 36 heavy (non-hydrogen) atoms. The van der Waals surface area contributed by atoms with Crippen LogP contribution in [-0.4, -0.2) is 39.7 Å². The van der Waals surface area contributed by atoms with Gasteiger partial charge in [-0.05, 0) is 12.2 Å². The minimum Gasteiger partial charge on any atom is -0.289 e. The molecule has 190 valence electrons. The van der Waals surface area contributed by atoms with Gasteiger partial charge < -0.3 is 0 Å². The van der Waals surface area contributed by atoms with E-state index >= 15 is 0 Å². The molecule has 0 saturated heterocycles. The predicted octanol–water partition coefficient (Wildman–Crippen LogP) is 9.60. The third kappa shape index (κ3) is 2.96. The third-order valence-corrected chi connectivity index (χ3v) is 14.9. The standard InChI is InChI=1S/C22H6Cl12O2/c23-13-15(25)19(29)9(5-17(13,27)21(19,31)32)11(35)7-1-2-8(4-3-7)12(36)10-6-18(28)14(24)16(26)20(10,30)22(18,33)34/h1-6H. The lowest BCUT2D eigenvalue weighted by Crippen LogP contribution is -2.45. The second kappa shape index (κ2) is 8.28. The number of halogens is 12. The molecule has 0 radical (unpaired) electrons. The molecule has 1 aromatic rings. The normalized spacial score (nSPS) is 37.6. The summed E-state index contributed by atoms with van der Waals surface area (Å²) in [5, 5.41) is -0.444. The lowest BCUT2D eigenvalue weighted by atomic mass is 9.90. The number of benzene rings is 1. The number of carbonyl (C=O) groups is 2. The fraction of sp³-hybridized carbons (Fsp3) is 0.273. The highest BCUT2D eigenvalue weighted by atomic mass is 35.5. The van der Waals surface area contributed by atoms with Crippen LogP contribution in [0.5, 0.6) is 0 Å². The van der Waals surface area contributed by atoms with Crippen LogP contribution in [0.15, 0.2) is 67.7 Å². The zero-order valence-corrected chi connectivity index (χ0v) is 25.9. The molecule has 14 heteroatoms. The number of allylic oxidation sites excluding steroid dienone is 8. The fourth-order valence-corrected chi connectivity index (χ4v) is 9.66. The Kier molecular flexibility index (Phi) is 6.56. The average Bonchev–Trinajstić information content (AvgIpc) is 3.19. The quantitative estimate of drug-likeness (QED) is 0.229. The molecule has 4 aliphatic rings. The Balaban J connectivity index is 1.47. The topological polar surface area (TPSA) is 34.1 Å². The molecule has 0 aromatic heterocycles. The molecule has 0 aliphatic heterocycles. The summed E-state index contributed by atoms with van der Waals surface area (Å²) in [5.41, 5.74) is 0.157. The van der Waals surface area contributed by atoms with Gasteiger partial charge in [-0.15, -0.1) is 46.4 Å². The van der Waals surface area contributed by atoms with Crippen molar-refractivity contribution < 1.29 is 9.59 Å². The second-order valence-corrected chi connectivity index (χ2v) is 15.0. The number of ketones is 2. The molecule has 0 heterocycles. The van der Waals surface area contributed by atoms with Gasteiger partial charge in [0.1, 0.15) is 19.5 Å². The highest BCUT2D eigenvalue weighted by Gasteiger charge is 2.77. The van der Waals surface area contributed by atoms with E-state index in [0.29, 0.717) is 0 Å². The fourth-order valence-electron chi connectivity index (χ4n) is 4.68. The van der Waals surface area contributed by atoms with Gasteiger partial charge in [-0.2, -0.15) is 0 Å². The Morgan fingerprint density at radius 3 is 1.00 bits per heavy atom. The molecular weight excluding hydrogens is 722 g/mol. The molecule has 0 amide bonds. The predicted molar refractivity (Wildman–Crippen MR) is 152 cm³/mol. The summed E-state index contributed by atoms with van der Waals surface area (Å²) in [4.78, 5) is 19.6. The molecule has 5 rings (SSSR count). The number of hydrogen-bond donors (Lipinski definition) is 0. The van der Waals surface area contributed by atoms with Crippen LogP contribution in [0.3, 0.4) is 0 Å². The van der Waals surface area contributed by atoms with Gasteiger partial charge in [0.25, 0.3) is 0 Å². The van der Waals surface area contributed by atoms with E-state index in [0.717, 1.165) is 0 Å². The van der Waals surface area contributed by atoms with E-state index in [-0.39, 0.29) is 42.4 Å². The number of alkyl halides is 8. The van der Waals surface area contributed by atoms with Crippen LogP contribution in [0.2, 0.25) is 0 Å². The first kappa shape index (κ1) is 28.5. The van der Waals surface area contributed by atoms with Crippen LogP contribution in [0.4, 0.5) is 0 Å². The Morgan fingerprint density at radius 2 is 0.778 bits per heavy atom. The van der Waals surface area contributed by atoms with E-state index in [1.165, 1.54) is 36.4 Å². The summed E-state index contributed by atoms with van der Waals surface area (Å²) in [6, 6.07) is 5.54. The van der Waals surface area contributed by atoms with Crippen LogP contribution < -0.4 is 0 Å². The van der Waals surface area contributed by atoms with Gasteiger partial charge in [0.15, 0.2) is 20.2 Å². The van der Waals surface area contributed by atoms with Crippen LogP contribution >= 0.6 is 139 Å². The highest BCUT2D eigenvalue weighted by Crippen LogP contribution is 2.73. The second-order valence-electron chi connectivity index (χ2n) is 8.50. The Bertz CT molecular complexity index is 1310. The van der Waals surface area contributed by atoms with Crippen LogP contribution in [0, 0.1) is 0 Å². The van der Waals surface area contributed by atoms with E-state index in [1.807, 2.05) is 0 Å². The van der Waals surface area contributed by atoms with E-state index < -0.39 is 39.7 Å². The van der Waals surface area contributed by atoms with Gasteiger partial charge in [-0.1, -0.05) is 117 Å². The first-order valence-electron chi connectivity index (χ1n) is 9.65. The van der Waals surface area contributed by atoms with Gasteiger partial charge in [0, 0.05) is 22.3 Å². The lowest BCUT2D eigenvalue weighted by molar-refractivity contribution is 0.101. The minimum atomic E-state index is -1.93. The van der Waals surface area contributed by atoms with Crippen molar-refractivity contribution in [2.45, 2.75) is 28.2 Å². The molecule has 0 fully saturated rings. The number of carbonyl (C=O) groups excluding carboxylic acids is 2. The van der Waals surface area contributed by atoms with Crippen molar-refractivity contribution in [3.63, 3.8) is 0 Å². The number of Topliss-reactive ketones (excluding diaryl/α,β-unsaturated/α-hetero) is 2. The molecule has 0 spiro atoms. The molecule has 0 saturated carbocycles. The zero-order valence-electron chi connectivity index (χ0n) is 16.8. The minimum absolute atomic E-state index is 0.0575. The summed E-state index contributed by atoms with van der Waals surface area (Å²) in [5.74, 6) is -1.16. The van der Waals surface area contributed by atoms with Crippen molar-refractivity contribution in [2.75, 3.05) is 0 Å². The summed E-state index contributed by atoms with van der Waals surface area (Å²) in [7, 11) is 0. The third-order valence-electron chi connectivity index (χ3n) is 6.74. The van der Waals surface area contributed by atoms with Gasteiger partial charge in [0.05, 0.1) is 20.1 Å². The maximum atomic E-state index is 13.4. The Morgan fingerprint density at radius 1 is 0.500 bits per heavy atom. The van der Waals surface area contributed by atoms with Gasteiger partial charge in [-0.3, -0.25) is 9.59 Å². The monoisotopic (exact) mass is 722 g/mol. The molecule has 4 aliphatic carbocycles. The smallest absolute Gasteiger partial charge is 0.191 e. The number of rotatable bonds is 4. The summed E-state index contributed by atoms with van der Waals surface area (Å²) in [6.45, 7) is 0. The van der Waals surface area contributed by atoms with E-state index in [9.17, 15) is 9.59 Å². The van der Waals surface area contributed by atoms with Crippen molar-refractivity contribution in [1.29, 1.82) is 0 Å². The zero-order chi connectivity index (χ0) is 27.0. The van der Waals surface area contributed by atoms with Crippen LogP contribution in [-0.2, 0) is 0 Å².